The van der Waals surface area contributed by atoms with Crippen molar-refractivity contribution in [2.24, 2.45) is 0 Å². The maximum absolute atomic E-state index is 6.85. The summed E-state index contributed by atoms with van der Waals surface area (Å²) in [6.45, 7) is 0. The SMILES string of the molecule is c1ccc(-c2ccc(-c3ccc(N(c4ccc5ccc6ccccc6c5c4)c4cccc5c4sc4ccccc45)c4c3oc3ccccc34)cc2)cc1. The maximum Gasteiger partial charge on any atom is 0.145 e. The molecule has 53 heavy (non-hydrogen) atoms. The molecule has 0 saturated carbocycles. The number of benzene rings is 9. The van der Waals surface area contributed by atoms with Gasteiger partial charge in [0.2, 0.25) is 0 Å². The number of rotatable bonds is 5. The van der Waals surface area contributed by atoms with Crippen LogP contribution < -0.4 is 4.90 Å². The summed E-state index contributed by atoms with van der Waals surface area (Å²) in [6, 6.07) is 67.9. The van der Waals surface area contributed by atoms with Crippen molar-refractivity contribution in [3.8, 4) is 22.3 Å². The average molecular weight is 694 g/mol. The fourth-order valence-electron chi connectivity index (χ4n) is 8.14. The molecule has 0 bridgehead atoms. The van der Waals surface area contributed by atoms with Crippen LogP contribution >= 0.6 is 11.3 Å². The molecule has 2 nitrogen and oxygen atoms in total. The minimum atomic E-state index is 0.877. The summed E-state index contributed by atoms with van der Waals surface area (Å²) >= 11 is 1.86. The zero-order valence-electron chi connectivity index (χ0n) is 28.7. The molecule has 0 amide bonds. The van der Waals surface area contributed by atoms with E-state index >= 15 is 0 Å². The summed E-state index contributed by atoms with van der Waals surface area (Å²) in [5.41, 5.74) is 9.69. The molecule has 0 spiro atoms. The van der Waals surface area contributed by atoms with E-state index in [-0.39, 0.29) is 0 Å². The summed E-state index contributed by atoms with van der Waals surface area (Å²) in [5, 5.41) is 9.69. The second-order valence-electron chi connectivity index (χ2n) is 13.7. The zero-order valence-corrected chi connectivity index (χ0v) is 29.5. The number of thiophene rings is 1. The third-order valence-corrected chi connectivity index (χ3v) is 11.9. The van der Waals surface area contributed by atoms with E-state index < -0.39 is 0 Å². The highest BCUT2D eigenvalue weighted by Gasteiger charge is 2.24. The standard InChI is InChI=1S/C50H31NOS/c1-2-11-32(12-3-1)33-21-23-35(24-22-33)39-29-30-44(48-42-16-6-8-19-46(42)52-49(39)48)51(45-18-10-17-41-40-15-7-9-20-47(40)53-50(41)45)37-28-27-36-26-25-34-13-4-5-14-38(34)43(36)31-37/h1-31H. The summed E-state index contributed by atoms with van der Waals surface area (Å²) in [7, 11) is 0. The average Bonchev–Trinajstić information content (AvgIpc) is 3.81. The molecule has 0 radical (unpaired) electrons. The maximum atomic E-state index is 6.85. The van der Waals surface area contributed by atoms with Crippen molar-refractivity contribution in [3.63, 3.8) is 0 Å². The van der Waals surface area contributed by atoms with Gasteiger partial charge in [0, 0.05) is 32.1 Å². The first-order valence-electron chi connectivity index (χ1n) is 18.0. The molecule has 0 fully saturated rings. The highest BCUT2D eigenvalue weighted by molar-refractivity contribution is 7.26. The molecular formula is C50H31NOS. The Labute approximate surface area is 310 Å². The molecule has 11 aromatic rings. The molecule has 3 heteroatoms. The largest absolute Gasteiger partial charge is 0.455 e. The minimum Gasteiger partial charge on any atom is -0.455 e. The van der Waals surface area contributed by atoms with Crippen LogP contribution in [-0.4, -0.2) is 0 Å². The van der Waals surface area contributed by atoms with Crippen LogP contribution in [0.4, 0.5) is 17.1 Å². The molecule has 0 aliphatic rings. The Kier molecular flexibility index (Phi) is 6.76. The molecular weight excluding hydrogens is 663 g/mol. The van der Waals surface area contributed by atoms with Crippen LogP contribution in [0.3, 0.4) is 0 Å². The van der Waals surface area contributed by atoms with E-state index in [0.29, 0.717) is 0 Å². The molecule has 2 aromatic heterocycles. The van der Waals surface area contributed by atoms with Gasteiger partial charge >= 0.3 is 0 Å². The predicted molar refractivity (Wildman–Crippen MR) is 227 cm³/mol. The van der Waals surface area contributed by atoms with Crippen LogP contribution in [0.15, 0.2) is 192 Å². The molecule has 0 N–H and O–H groups in total. The van der Waals surface area contributed by atoms with E-state index in [9.17, 15) is 0 Å². The van der Waals surface area contributed by atoms with Gasteiger partial charge in [-0.2, -0.15) is 0 Å². The van der Waals surface area contributed by atoms with Gasteiger partial charge in [-0.15, -0.1) is 11.3 Å². The molecule has 0 saturated heterocycles. The van der Waals surface area contributed by atoms with Crippen LogP contribution in [0, 0.1) is 0 Å². The Hall–Kier alpha value is -6.68. The second kappa shape index (κ2) is 11.9. The number of para-hydroxylation sites is 1. The summed E-state index contributed by atoms with van der Waals surface area (Å²) in [6.07, 6.45) is 0. The first kappa shape index (κ1) is 30.0. The van der Waals surface area contributed by atoms with Gasteiger partial charge < -0.3 is 9.32 Å². The van der Waals surface area contributed by atoms with Crippen molar-refractivity contribution < 1.29 is 4.42 Å². The summed E-state index contributed by atoms with van der Waals surface area (Å²) in [4.78, 5) is 2.46. The first-order chi connectivity index (χ1) is 26.3. The van der Waals surface area contributed by atoms with Crippen LogP contribution in [0.5, 0.6) is 0 Å². The number of hydrogen-bond acceptors (Lipinski definition) is 3. The van der Waals surface area contributed by atoms with E-state index in [1.807, 2.05) is 11.3 Å². The van der Waals surface area contributed by atoms with Gasteiger partial charge in [-0.3, -0.25) is 0 Å². The van der Waals surface area contributed by atoms with Gasteiger partial charge in [0.05, 0.1) is 21.5 Å². The number of nitrogens with zero attached hydrogens (tertiary/aromatic N) is 1. The quantitative estimate of drug-likeness (QED) is 0.167. The number of fused-ring (bicyclic) bond motifs is 9. The highest BCUT2D eigenvalue weighted by atomic mass is 32.1. The van der Waals surface area contributed by atoms with E-state index in [0.717, 1.165) is 50.1 Å². The molecule has 0 aliphatic carbocycles. The molecule has 0 unspecified atom stereocenters. The van der Waals surface area contributed by atoms with E-state index in [1.165, 1.54) is 52.8 Å². The van der Waals surface area contributed by atoms with Crippen molar-refractivity contribution >= 4 is 92.1 Å². The lowest BCUT2D eigenvalue weighted by Gasteiger charge is -2.27. The Morgan fingerprint density at radius 1 is 0.415 bits per heavy atom. The monoisotopic (exact) mass is 693 g/mol. The third-order valence-electron chi connectivity index (χ3n) is 10.7. The third kappa shape index (κ3) is 4.78. The molecule has 2 heterocycles. The lowest BCUT2D eigenvalue weighted by molar-refractivity contribution is 0.670. The highest BCUT2D eigenvalue weighted by Crippen LogP contribution is 2.50. The van der Waals surface area contributed by atoms with E-state index in [4.69, 9.17) is 4.42 Å². The number of anilines is 3. The van der Waals surface area contributed by atoms with Crippen LogP contribution in [0.2, 0.25) is 0 Å². The van der Waals surface area contributed by atoms with Gasteiger partial charge in [-0.05, 0) is 80.7 Å². The zero-order chi connectivity index (χ0) is 34.9. The van der Waals surface area contributed by atoms with E-state index in [1.54, 1.807) is 0 Å². The smallest absolute Gasteiger partial charge is 0.145 e. The lowest BCUT2D eigenvalue weighted by atomic mass is 9.97. The lowest BCUT2D eigenvalue weighted by Crippen LogP contribution is -2.10. The van der Waals surface area contributed by atoms with Crippen LogP contribution in [0.25, 0.3) is 85.9 Å². The minimum absolute atomic E-state index is 0.877. The Morgan fingerprint density at radius 3 is 1.94 bits per heavy atom. The van der Waals surface area contributed by atoms with Crippen molar-refractivity contribution in [3.05, 3.63) is 188 Å². The molecule has 0 aliphatic heterocycles. The van der Waals surface area contributed by atoms with Gasteiger partial charge in [0.1, 0.15) is 11.2 Å². The van der Waals surface area contributed by atoms with Gasteiger partial charge in [0.25, 0.3) is 0 Å². The van der Waals surface area contributed by atoms with Gasteiger partial charge in [-0.25, -0.2) is 0 Å². The number of furan rings is 1. The molecule has 9 aromatic carbocycles. The van der Waals surface area contributed by atoms with Crippen molar-refractivity contribution in [2.45, 2.75) is 0 Å². The fourth-order valence-corrected chi connectivity index (χ4v) is 9.35. The predicted octanol–water partition coefficient (Wildman–Crippen LogP) is 15.1. The molecule has 11 rings (SSSR count). The first-order valence-corrected chi connectivity index (χ1v) is 18.8. The Bertz CT molecular complexity index is 3170. The van der Waals surface area contributed by atoms with E-state index in [2.05, 4.69) is 193 Å². The topological polar surface area (TPSA) is 16.4 Å². The number of hydrogen-bond donors (Lipinski definition) is 0. The molecule has 0 atom stereocenters. The van der Waals surface area contributed by atoms with Gasteiger partial charge in [-0.1, -0.05) is 146 Å². The second-order valence-corrected chi connectivity index (χ2v) is 14.7. The van der Waals surface area contributed by atoms with Crippen molar-refractivity contribution in [1.29, 1.82) is 0 Å². The normalized spacial score (nSPS) is 11.8. The Morgan fingerprint density at radius 2 is 1.08 bits per heavy atom. The van der Waals surface area contributed by atoms with Crippen molar-refractivity contribution in [1.82, 2.24) is 0 Å². The summed E-state index contributed by atoms with van der Waals surface area (Å²) in [5.74, 6) is 0. The molecule has 248 valence electrons. The summed E-state index contributed by atoms with van der Waals surface area (Å²) < 4.78 is 9.40. The Balaban J connectivity index is 1.20. The fraction of sp³-hybridized carbons (Fsp3) is 0. The van der Waals surface area contributed by atoms with Gasteiger partial charge in [0.15, 0.2) is 0 Å². The van der Waals surface area contributed by atoms with Crippen LogP contribution in [0.1, 0.15) is 0 Å². The van der Waals surface area contributed by atoms with Crippen LogP contribution in [-0.2, 0) is 0 Å². The van der Waals surface area contributed by atoms with Crippen molar-refractivity contribution in [2.75, 3.05) is 4.90 Å².